The van der Waals surface area contributed by atoms with Crippen molar-refractivity contribution in [3.8, 4) is 0 Å². The molecule has 1 aromatic rings. The first-order chi connectivity index (χ1) is 9.12. The molecule has 4 heteroatoms. The van der Waals surface area contributed by atoms with Gasteiger partial charge in [-0.25, -0.2) is 9.97 Å². The zero-order valence-corrected chi connectivity index (χ0v) is 12.4. The molecule has 0 spiro atoms. The van der Waals surface area contributed by atoms with Crippen LogP contribution in [0.4, 0.5) is 0 Å². The molecule has 4 nitrogen and oxygen atoms in total. The summed E-state index contributed by atoms with van der Waals surface area (Å²) < 4.78 is 0. The van der Waals surface area contributed by atoms with E-state index in [2.05, 4.69) is 41.2 Å². The van der Waals surface area contributed by atoms with E-state index >= 15 is 0 Å². The Balaban J connectivity index is 1.90. The molecule has 1 heterocycles. The molecule has 1 aliphatic rings. The Kier molecular flexibility index (Phi) is 4.88. The van der Waals surface area contributed by atoms with Gasteiger partial charge in [0.05, 0.1) is 6.54 Å². The number of nitrogens with zero attached hydrogens (tertiary/aromatic N) is 3. The molecule has 2 atom stereocenters. The summed E-state index contributed by atoms with van der Waals surface area (Å²) in [5.74, 6) is 1.70. The molecule has 0 saturated heterocycles. The van der Waals surface area contributed by atoms with Gasteiger partial charge in [-0.1, -0.05) is 19.8 Å². The summed E-state index contributed by atoms with van der Waals surface area (Å²) in [6.07, 6.45) is 8.87. The van der Waals surface area contributed by atoms with E-state index in [1.54, 1.807) is 12.4 Å². The van der Waals surface area contributed by atoms with Gasteiger partial charge in [-0.05, 0) is 38.9 Å². The average molecular weight is 262 g/mol. The fourth-order valence-electron chi connectivity index (χ4n) is 3.19. The van der Waals surface area contributed by atoms with Gasteiger partial charge in [-0.2, -0.15) is 0 Å². The molecule has 1 N–H and O–H groups in total. The van der Waals surface area contributed by atoms with Crippen LogP contribution in [0.25, 0.3) is 0 Å². The van der Waals surface area contributed by atoms with E-state index in [9.17, 15) is 0 Å². The van der Waals surface area contributed by atoms with Crippen LogP contribution >= 0.6 is 0 Å². The molecular weight excluding hydrogens is 236 g/mol. The Morgan fingerprint density at radius 1 is 1.37 bits per heavy atom. The summed E-state index contributed by atoms with van der Waals surface area (Å²) in [6, 6.07) is 1.85. The lowest BCUT2D eigenvalue weighted by Gasteiger charge is -2.45. The summed E-state index contributed by atoms with van der Waals surface area (Å²) in [4.78, 5) is 10.9. The van der Waals surface area contributed by atoms with E-state index in [0.29, 0.717) is 5.54 Å². The third-order valence-corrected chi connectivity index (χ3v) is 4.37. The highest BCUT2D eigenvalue weighted by atomic mass is 15.2. The van der Waals surface area contributed by atoms with Crippen molar-refractivity contribution in [1.29, 1.82) is 0 Å². The summed E-state index contributed by atoms with van der Waals surface area (Å²) in [5.41, 5.74) is 0.298. The Morgan fingerprint density at radius 2 is 2.11 bits per heavy atom. The van der Waals surface area contributed by atoms with Gasteiger partial charge in [0.1, 0.15) is 5.82 Å². The SMILES string of the molecule is CC1CCCC(CNCc2ncccn2)(N(C)C)C1. The number of nitrogens with one attached hydrogen (secondary N) is 1. The first-order valence-electron chi connectivity index (χ1n) is 7.26. The molecule has 0 bridgehead atoms. The van der Waals surface area contributed by atoms with Gasteiger partial charge in [-0.3, -0.25) is 0 Å². The number of aromatic nitrogens is 2. The monoisotopic (exact) mass is 262 g/mol. The van der Waals surface area contributed by atoms with Crippen molar-refractivity contribution < 1.29 is 0 Å². The first kappa shape index (κ1) is 14.4. The van der Waals surface area contributed by atoms with E-state index in [4.69, 9.17) is 0 Å². The Bertz CT molecular complexity index is 379. The smallest absolute Gasteiger partial charge is 0.141 e. The molecular formula is C15H26N4. The lowest BCUT2D eigenvalue weighted by Crippen LogP contribution is -2.54. The molecule has 1 aliphatic carbocycles. The van der Waals surface area contributed by atoms with Gasteiger partial charge in [0.15, 0.2) is 0 Å². The number of hydrogen-bond donors (Lipinski definition) is 1. The molecule has 0 amide bonds. The van der Waals surface area contributed by atoms with Crippen LogP contribution in [0, 0.1) is 5.92 Å². The van der Waals surface area contributed by atoms with Crippen molar-refractivity contribution in [2.45, 2.75) is 44.7 Å². The average Bonchev–Trinajstić information content (AvgIpc) is 2.40. The van der Waals surface area contributed by atoms with Crippen LogP contribution in [0.2, 0.25) is 0 Å². The highest BCUT2D eigenvalue weighted by molar-refractivity contribution is 4.95. The maximum atomic E-state index is 4.26. The summed E-state index contributed by atoms with van der Waals surface area (Å²) >= 11 is 0. The van der Waals surface area contributed by atoms with E-state index in [-0.39, 0.29) is 0 Å². The summed E-state index contributed by atoms with van der Waals surface area (Å²) in [5, 5.41) is 3.55. The van der Waals surface area contributed by atoms with Gasteiger partial charge >= 0.3 is 0 Å². The van der Waals surface area contributed by atoms with Crippen LogP contribution in [0.3, 0.4) is 0 Å². The first-order valence-corrected chi connectivity index (χ1v) is 7.26. The van der Waals surface area contributed by atoms with Gasteiger partial charge in [-0.15, -0.1) is 0 Å². The molecule has 2 unspecified atom stereocenters. The highest BCUT2D eigenvalue weighted by Crippen LogP contribution is 2.35. The van der Waals surface area contributed by atoms with Gasteiger partial charge in [0.2, 0.25) is 0 Å². The summed E-state index contributed by atoms with van der Waals surface area (Å²) in [6.45, 7) is 4.14. The van der Waals surface area contributed by atoms with Gasteiger partial charge in [0, 0.05) is 24.5 Å². The van der Waals surface area contributed by atoms with Crippen LogP contribution in [-0.2, 0) is 6.54 Å². The third-order valence-electron chi connectivity index (χ3n) is 4.37. The van der Waals surface area contributed by atoms with Crippen molar-refractivity contribution in [1.82, 2.24) is 20.2 Å². The summed E-state index contributed by atoms with van der Waals surface area (Å²) in [7, 11) is 4.41. The Hall–Kier alpha value is -1.00. The molecule has 1 aromatic heterocycles. The number of hydrogen-bond acceptors (Lipinski definition) is 4. The predicted octanol–water partition coefficient (Wildman–Crippen LogP) is 2.08. The van der Waals surface area contributed by atoms with Crippen molar-refractivity contribution in [3.63, 3.8) is 0 Å². The lowest BCUT2D eigenvalue weighted by molar-refractivity contribution is 0.0748. The second kappa shape index (κ2) is 6.44. The van der Waals surface area contributed by atoms with Crippen molar-refractivity contribution in [2.75, 3.05) is 20.6 Å². The number of likely N-dealkylation sites (N-methyl/N-ethyl adjacent to an activating group) is 1. The van der Waals surface area contributed by atoms with Crippen LogP contribution in [-0.4, -0.2) is 41.0 Å². The zero-order chi connectivity index (χ0) is 13.7. The predicted molar refractivity (Wildman–Crippen MR) is 77.8 cm³/mol. The van der Waals surface area contributed by atoms with Crippen molar-refractivity contribution in [2.24, 2.45) is 5.92 Å². The second-order valence-corrected chi connectivity index (χ2v) is 6.09. The standard InChI is InChI=1S/C15H26N4/c1-13-6-4-7-15(10-13,19(2)3)12-16-11-14-17-8-5-9-18-14/h5,8-9,13,16H,4,6-7,10-12H2,1-3H3. The van der Waals surface area contributed by atoms with E-state index < -0.39 is 0 Å². The molecule has 0 aliphatic heterocycles. The maximum Gasteiger partial charge on any atom is 0.141 e. The largest absolute Gasteiger partial charge is 0.308 e. The third kappa shape index (κ3) is 3.74. The Labute approximate surface area is 116 Å². The minimum absolute atomic E-state index is 0.298. The van der Waals surface area contributed by atoms with Crippen molar-refractivity contribution in [3.05, 3.63) is 24.3 Å². The molecule has 1 saturated carbocycles. The highest BCUT2D eigenvalue weighted by Gasteiger charge is 2.36. The minimum Gasteiger partial charge on any atom is -0.308 e. The second-order valence-electron chi connectivity index (χ2n) is 6.09. The zero-order valence-electron chi connectivity index (χ0n) is 12.4. The molecule has 2 rings (SSSR count). The quantitative estimate of drug-likeness (QED) is 0.882. The number of rotatable bonds is 5. The van der Waals surface area contributed by atoms with Crippen LogP contribution in [0.15, 0.2) is 18.5 Å². The topological polar surface area (TPSA) is 41.1 Å². The molecule has 1 fully saturated rings. The van der Waals surface area contributed by atoms with E-state index in [0.717, 1.165) is 24.8 Å². The normalized spacial score (nSPS) is 27.7. The Morgan fingerprint density at radius 3 is 2.74 bits per heavy atom. The van der Waals surface area contributed by atoms with E-state index in [1.807, 2.05) is 6.07 Å². The van der Waals surface area contributed by atoms with Gasteiger partial charge < -0.3 is 10.2 Å². The molecule has 19 heavy (non-hydrogen) atoms. The minimum atomic E-state index is 0.298. The van der Waals surface area contributed by atoms with E-state index in [1.165, 1.54) is 25.7 Å². The fraction of sp³-hybridized carbons (Fsp3) is 0.733. The molecule has 0 aromatic carbocycles. The maximum absolute atomic E-state index is 4.26. The molecule has 0 radical (unpaired) electrons. The van der Waals surface area contributed by atoms with Crippen LogP contribution in [0.1, 0.15) is 38.4 Å². The van der Waals surface area contributed by atoms with Crippen LogP contribution < -0.4 is 5.32 Å². The van der Waals surface area contributed by atoms with Gasteiger partial charge in [0.25, 0.3) is 0 Å². The molecule has 106 valence electrons. The van der Waals surface area contributed by atoms with Crippen molar-refractivity contribution >= 4 is 0 Å². The fourth-order valence-corrected chi connectivity index (χ4v) is 3.19. The van der Waals surface area contributed by atoms with Crippen LogP contribution in [0.5, 0.6) is 0 Å². The lowest BCUT2D eigenvalue weighted by atomic mass is 9.75.